The van der Waals surface area contributed by atoms with E-state index >= 15 is 0 Å². The summed E-state index contributed by atoms with van der Waals surface area (Å²) in [4.78, 5) is 2.51. The van der Waals surface area contributed by atoms with E-state index < -0.39 is 0 Å². The largest absolute Gasteiger partial charge is 0.299 e. The zero-order valence-electron chi connectivity index (χ0n) is 15.6. The average Bonchev–Trinajstić information content (AvgIpc) is 3.39. The van der Waals surface area contributed by atoms with Gasteiger partial charge < -0.3 is 0 Å². The van der Waals surface area contributed by atoms with E-state index in [1.54, 1.807) is 0 Å². The van der Waals surface area contributed by atoms with Gasteiger partial charge in [0, 0.05) is 18.7 Å². The van der Waals surface area contributed by atoms with Crippen LogP contribution in [0.25, 0.3) is 16.7 Å². The lowest BCUT2D eigenvalue weighted by Crippen LogP contribution is -2.34. The van der Waals surface area contributed by atoms with E-state index in [0.29, 0.717) is 5.92 Å². The predicted octanol–water partition coefficient (Wildman–Crippen LogP) is 3.26. The first-order valence-electron chi connectivity index (χ1n) is 9.73. The molecule has 2 aromatic carbocycles. The van der Waals surface area contributed by atoms with Crippen LogP contribution in [0.1, 0.15) is 24.2 Å². The van der Waals surface area contributed by atoms with Crippen molar-refractivity contribution >= 4 is 11.0 Å². The van der Waals surface area contributed by atoms with Crippen molar-refractivity contribution in [1.29, 1.82) is 0 Å². The molecule has 1 aliphatic heterocycles. The summed E-state index contributed by atoms with van der Waals surface area (Å²) in [6, 6.07) is 16.5. The zero-order chi connectivity index (χ0) is 18.8. The van der Waals surface area contributed by atoms with Gasteiger partial charge in [-0.15, -0.1) is 10.2 Å². The summed E-state index contributed by atoms with van der Waals surface area (Å²) >= 11 is 0. The third-order valence-corrected chi connectivity index (χ3v) is 5.56. The SMILES string of the molecule is c1ccc(-n2cnnc2CC2CCN(Cc3ccc4nonc4c3)CC2)cc1. The molecule has 142 valence electrons. The molecule has 0 saturated carbocycles. The highest BCUT2D eigenvalue weighted by molar-refractivity contribution is 5.73. The van der Waals surface area contributed by atoms with Gasteiger partial charge in [0.1, 0.15) is 23.2 Å². The molecule has 3 heterocycles. The first-order chi connectivity index (χ1) is 13.8. The molecule has 0 bridgehead atoms. The molecule has 0 atom stereocenters. The maximum absolute atomic E-state index is 4.79. The molecule has 1 aliphatic rings. The molecule has 7 heteroatoms. The molecular formula is C21H22N6O. The molecule has 0 aliphatic carbocycles. The second-order valence-corrected chi connectivity index (χ2v) is 7.46. The summed E-state index contributed by atoms with van der Waals surface area (Å²) in [5.41, 5.74) is 4.01. The Balaban J connectivity index is 1.19. The summed E-state index contributed by atoms with van der Waals surface area (Å²) in [6.45, 7) is 3.13. The summed E-state index contributed by atoms with van der Waals surface area (Å²) in [5, 5.41) is 16.3. The highest BCUT2D eigenvalue weighted by Crippen LogP contribution is 2.24. The number of fused-ring (bicyclic) bond motifs is 1. The van der Waals surface area contributed by atoms with Crippen LogP contribution in [-0.4, -0.2) is 43.1 Å². The van der Waals surface area contributed by atoms with Crippen molar-refractivity contribution in [3.63, 3.8) is 0 Å². The second-order valence-electron chi connectivity index (χ2n) is 7.46. The Morgan fingerprint density at radius 2 is 1.79 bits per heavy atom. The first-order valence-corrected chi connectivity index (χ1v) is 9.73. The number of aromatic nitrogens is 5. The summed E-state index contributed by atoms with van der Waals surface area (Å²) in [6.07, 6.45) is 5.14. The van der Waals surface area contributed by atoms with E-state index in [-0.39, 0.29) is 0 Å². The Hall–Kier alpha value is -3.06. The standard InChI is InChI=1S/C21H22N6O/c1-2-4-18(5-3-1)27-15-22-23-21(27)13-16-8-10-26(11-9-16)14-17-6-7-19-20(12-17)25-28-24-19/h1-7,12,15-16H,8-11,13-14H2. The molecule has 7 nitrogen and oxygen atoms in total. The fourth-order valence-electron chi connectivity index (χ4n) is 3.99. The van der Waals surface area contributed by atoms with Gasteiger partial charge in [-0.3, -0.25) is 9.47 Å². The molecule has 0 N–H and O–H groups in total. The van der Waals surface area contributed by atoms with Gasteiger partial charge in [0.05, 0.1) is 0 Å². The first kappa shape index (κ1) is 17.1. The van der Waals surface area contributed by atoms with Gasteiger partial charge in [0.25, 0.3) is 0 Å². The number of piperidine rings is 1. The molecule has 1 fully saturated rings. The average molecular weight is 374 g/mol. The van der Waals surface area contributed by atoms with Gasteiger partial charge in [-0.05, 0) is 72.0 Å². The fraction of sp³-hybridized carbons (Fsp3) is 0.333. The maximum Gasteiger partial charge on any atom is 0.137 e. The van der Waals surface area contributed by atoms with Gasteiger partial charge in [-0.25, -0.2) is 4.63 Å². The summed E-state index contributed by atoms with van der Waals surface area (Å²) < 4.78 is 6.89. The van der Waals surface area contributed by atoms with Gasteiger partial charge in [-0.2, -0.15) is 0 Å². The van der Waals surface area contributed by atoms with Crippen molar-refractivity contribution < 1.29 is 4.63 Å². The lowest BCUT2D eigenvalue weighted by atomic mass is 9.93. The van der Waals surface area contributed by atoms with E-state index in [0.717, 1.165) is 48.6 Å². The van der Waals surface area contributed by atoms with Crippen LogP contribution >= 0.6 is 0 Å². The molecule has 5 rings (SSSR count). The molecule has 28 heavy (non-hydrogen) atoms. The Kier molecular flexibility index (Phi) is 4.58. The lowest BCUT2D eigenvalue weighted by Gasteiger charge is -2.31. The minimum absolute atomic E-state index is 0.644. The molecule has 0 spiro atoms. The smallest absolute Gasteiger partial charge is 0.137 e. The van der Waals surface area contributed by atoms with Crippen molar-refractivity contribution in [2.24, 2.45) is 5.92 Å². The van der Waals surface area contributed by atoms with Crippen LogP contribution in [0, 0.1) is 5.92 Å². The molecule has 2 aromatic heterocycles. The minimum atomic E-state index is 0.644. The highest BCUT2D eigenvalue weighted by atomic mass is 16.6. The van der Waals surface area contributed by atoms with Gasteiger partial charge >= 0.3 is 0 Å². The van der Waals surface area contributed by atoms with Crippen LogP contribution in [0.4, 0.5) is 0 Å². The Bertz CT molecular complexity index is 1050. The Morgan fingerprint density at radius 3 is 2.64 bits per heavy atom. The number of rotatable bonds is 5. The van der Waals surface area contributed by atoms with E-state index in [9.17, 15) is 0 Å². The van der Waals surface area contributed by atoms with Crippen molar-refractivity contribution in [2.45, 2.75) is 25.8 Å². The van der Waals surface area contributed by atoms with Crippen molar-refractivity contribution in [2.75, 3.05) is 13.1 Å². The van der Waals surface area contributed by atoms with Gasteiger partial charge in [0.15, 0.2) is 0 Å². The number of benzene rings is 2. The lowest BCUT2D eigenvalue weighted by molar-refractivity contribution is 0.175. The second kappa shape index (κ2) is 7.52. The Labute approximate surface area is 162 Å². The third-order valence-electron chi connectivity index (χ3n) is 5.56. The van der Waals surface area contributed by atoms with Crippen LogP contribution in [0.3, 0.4) is 0 Å². The van der Waals surface area contributed by atoms with E-state index in [1.807, 2.05) is 30.6 Å². The van der Waals surface area contributed by atoms with Crippen LogP contribution in [0.5, 0.6) is 0 Å². The summed E-state index contributed by atoms with van der Waals surface area (Å²) in [7, 11) is 0. The van der Waals surface area contributed by atoms with Crippen LogP contribution < -0.4 is 0 Å². The number of hydrogen-bond acceptors (Lipinski definition) is 6. The van der Waals surface area contributed by atoms with Gasteiger partial charge in [-0.1, -0.05) is 24.3 Å². The van der Waals surface area contributed by atoms with Crippen molar-refractivity contribution in [3.05, 3.63) is 66.2 Å². The quantitative estimate of drug-likeness (QED) is 0.534. The normalized spacial score (nSPS) is 16.0. The molecular weight excluding hydrogens is 352 g/mol. The minimum Gasteiger partial charge on any atom is -0.299 e. The summed E-state index contributed by atoms with van der Waals surface area (Å²) in [5.74, 6) is 1.69. The Morgan fingerprint density at radius 1 is 0.964 bits per heavy atom. The number of hydrogen-bond donors (Lipinski definition) is 0. The topological polar surface area (TPSA) is 72.9 Å². The van der Waals surface area contributed by atoms with Crippen LogP contribution in [-0.2, 0) is 13.0 Å². The monoisotopic (exact) mass is 374 g/mol. The molecule has 0 radical (unpaired) electrons. The van der Waals surface area contributed by atoms with Crippen LogP contribution in [0.15, 0.2) is 59.5 Å². The van der Waals surface area contributed by atoms with Crippen LogP contribution in [0.2, 0.25) is 0 Å². The van der Waals surface area contributed by atoms with Gasteiger partial charge in [0.2, 0.25) is 0 Å². The highest BCUT2D eigenvalue weighted by Gasteiger charge is 2.22. The molecule has 0 amide bonds. The van der Waals surface area contributed by atoms with E-state index in [4.69, 9.17) is 4.63 Å². The molecule has 4 aromatic rings. The van der Waals surface area contributed by atoms with Crippen molar-refractivity contribution in [1.82, 2.24) is 30.0 Å². The predicted molar refractivity (Wildman–Crippen MR) is 105 cm³/mol. The molecule has 0 unspecified atom stereocenters. The third kappa shape index (κ3) is 3.53. The fourth-order valence-corrected chi connectivity index (χ4v) is 3.99. The number of likely N-dealkylation sites (tertiary alicyclic amines) is 1. The maximum atomic E-state index is 4.79. The zero-order valence-corrected chi connectivity index (χ0v) is 15.6. The number of para-hydroxylation sites is 1. The molecule has 1 saturated heterocycles. The number of nitrogens with zero attached hydrogens (tertiary/aromatic N) is 6. The van der Waals surface area contributed by atoms with E-state index in [1.165, 1.54) is 18.4 Å². The van der Waals surface area contributed by atoms with Crippen molar-refractivity contribution in [3.8, 4) is 5.69 Å². The van der Waals surface area contributed by atoms with E-state index in [2.05, 4.69) is 54.2 Å².